The Bertz CT molecular complexity index is 567. The van der Waals surface area contributed by atoms with Crippen LogP contribution in [0.4, 0.5) is 0 Å². The number of aromatic nitrogens is 4. The lowest BCUT2D eigenvalue weighted by molar-refractivity contribution is -0.808. The zero-order valence-electron chi connectivity index (χ0n) is 10.8. The minimum absolute atomic E-state index is 0.00580. The predicted octanol–water partition coefficient (Wildman–Crippen LogP) is 1.04. The predicted molar refractivity (Wildman–Crippen MR) is 67.0 cm³/mol. The highest BCUT2D eigenvalue weighted by Gasteiger charge is 2.33. The lowest BCUT2D eigenvalue weighted by Gasteiger charge is -2.14. The molecule has 0 amide bonds. The van der Waals surface area contributed by atoms with Gasteiger partial charge in [0.15, 0.2) is 17.6 Å². The highest BCUT2D eigenvalue weighted by molar-refractivity contribution is 5.67. The van der Waals surface area contributed by atoms with Crippen LogP contribution >= 0.6 is 0 Å². The smallest absolute Gasteiger partial charge is 0.310 e. The molecule has 6 nitrogen and oxygen atoms in total. The minimum atomic E-state index is -0.852. The van der Waals surface area contributed by atoms with E-state index >= 15 is 0 Å². The van der Waals surface area contributed by atoms with Gasteiger partial charge in [-0.1, -0.05) is 4.68 Å². The molecule has 0 aliphatic carbocycles. The van der Waals surface area contributed by atoms with Gasteiger partial charge in [0.2, 0.25) is 0 Å². The highest BCUT2D eigenvalue weighted by Crippen LogP contribution is 2.13. The van der Waals surface area contributed by atoms with Crippen LogP contribution in [0.2, 0.25) is 0 Å². The third-order valence-corrected chi connectivity index (χ3v) is 2.74. The van der Waals surface area contributed by atoms with E-state index in [9.17, 15) is 4.79 Å². The average Bonchev–Trinajstić information content (AvgIpc) is 2.38. The van der Waals surface area contributed by atoms with Gasteiger partial charge in [0, 0.05) is 37.9 Å². The molecule has 1 N–H and O–H groups in total. The quantitative estimate of drug-likeness (QED) is 0.830. The van der Waals surface area contributed by atoms with Crippen molar-refractivity contribution in [3.05, 3.63) is 36.9 Å². The van der Waals surface area contributed by atoms with Crippen LogP contribution in [0.25, 0.3) is 11.4 Å². The van der Waals surface area contributed by atoms with Crippen molar-refractivity contribution in [1.82, 2.24) is 15.1 Å². The molecule has 0 atom stereocenters. The molecular weight excluding hydrogens is 244 g/mol. The van der Waals surface area contributed by atoms with E-state index in [4.69, 9.17) is 5.11 Å². The zero-order valence-corrected chi connectivity index (χ0v) is 10.8. The first kappa shape index (κ1) is 13.1. The van der Waals surface area contributed by atoms with Gasteiger partial charge in [-0.25, -0.2) is 9.97 Å². The molecule has 0 spiro atoms. The summed E-state index contributed by atoms with van der Waals surface area (Å²) in [6.07, 6.45) is 6.72. The summed E-state index contributed by atoms with van der Waals surface area (Å²) >= 11 is 0. The SMILES string of the molecule is CC(C)(CC(=O)O)[n+]1ccc(-c2ncccn2)cn1. The molecule has 0 aliphatic heterocycles. The fourth-order valence-electron chi connectivity index (χ4n) is 1.75. The largest absolute Gasteiger partial charge is 0.481 e. The Morgan fingerprint density at radius 3 is 2.58 bits per heavy atom. The Hall–Kier alpha value is -2.37. The number of hydrogen-bond donors (Lipinski definition) is 1. The first-order chi connectivity index (χ1) is 8.99. The topological polar surface area (TPSA) is 79.9 Å². The van der Waals surface area contributed by atoms with Crippen LogP contribution in [0.5, 0.6) is 0 Å². The molecule has 98 valence electrons. The van der Waals surface area contributed by atoms with Gasteiger partial charge in [-0.15, -0.1) is 0 Å². The molecule has 2 rings (SSSR count). The first-order valence-corrected chi connectivity index (χ1v) is 5.87. The van der Waals surface area contributed by atoms with Crippen molar-refractivity contribution in [2.75, 3.05) is 0 Å². The molecule has 0 saturated carbocycles. The molecule has 0 aliphatic rings. The average molecular weight is 259 g/mol. The van der Waals surface area contributed by atoms with E-state index in [1.54, 1.807) is 35.5 Å². The van der Waals surface area contributed by atoms with E-state index in [0.717, 1.165) is 5.56 Å². The van der Waals surface area contributed by atoms with Gasteiger partial charge < -0.3 is 5.11 Å². The van der Waals surface area contributed by atoms with Crippen LogP contribution in [-0.4, -0.2) is 26.1 Å². The number of hydrogen-bond acceptors (Lipinski definition) is 4. The second-order valence-corrected chi connectivity index (χ2v) is 4.82. The molecule has 0 aromatic carbocycles. The van der Waals surface area contributed by atoms with Gasteiger partial charge in [-0.3, -0.25) is 4.79 Å². The molecule has 0 bridgehead atoms. The summed E-state index contributed by atoms with van der Waals surface area (Å²) in [4.78, 5) is 19.1. The molecule has 2 aromatic heterocycles. The normalized spacial score (nSPS) is 11.3. The van der Waals surface area contributed by atoms with E-state index < -0.39 is 11.5 Å². The number of carboxylic acids is 1. The van der Waals surface area contributed by atoms with Crippen molar-refractivity contribution in [3.63, 3.8) is 0 Å². The Labute approximate surface area is 110 Å². The second-order valence-electron chi connectivity index (χ2n) is 4.82. The summed E-state index contributed by atoms with van der Waals surface area (Å²) in [5.74, 6) is -0.257. The van der Waals surface area contributed by atoms with Crippen LogP contribution in [0, 0.1) is 0 Å². The molecule has 2 heterocycles. The summed E-state index contributed by atoms with van der Waals surface area (Å²) in [5, 5.41) is 13.1. The van der Waals surface area contributed by atoms with Crippen molar-refractivity contribution in [1.29, 1.82) is 0 Å². The van der Waals surface area contributed by atoms with Gasteiger partial charge in [0.05, 0.1) is 0 Å². The van der Waals surface area contributed by atoms with E-state index in [0.29, 0.717) is 5.82 Å². The third kappa shape index (κ3) is 3.09. The summed E-state index contributed by atoms with van der Waals surface area (Å²) in [5.41, 5.74) is 0.213. The number of nitrogens with zero attached hydrogens (tertiary/aromatic N) is 4. The molecular formula is C13H15N4O2+. The maximum Gasteiger partial charge on any atom is 0.310 e. The van der Waals surface area contributed by atoms with Gasteiger partial charge in [0.25, 0.3) is 0 Å². The van der Waals surface area contributed by atoms with Gasteiger partial charge in [0.1, 0.15) is 12.6 Å². The maximum absolute atomic E-state index is 10.8. The first-order valence-electron chi connectivity index (χ1n) is 5.87. The Morgan fingerprint density at radius 2 is 2.05 bits per heavy atom. The monoisotopic (exact) mass is 259 g/mol. The van der Waals surface area contributed by atoms with E-state index in [1.165, 1.54) is 0 Å². The third-order valence-electron chi connectivity index (χ3n) is 2.74. The van der Waals surface area contributed by atoms with Crippen LogP contribution in [0.15, 0.2) is 36.9 Å². The van der Waals surface area contributed by atoms with Crippen molar-refractivity contribution in [2.45, 2.75) is 25.8 Å². The van der Waals surface area contributed by atoms with Crippen molar-refractivity contribution in [2.24, 2.45) is 0 Å². The van der Waals surface area contributed by atoms with Gasteiger partial charge >= 0.3 is 5.97 Å². The standard InChI is InChI=1S/C13H14N4O2/c1-13(2,8-11(18)19)17-7-4-10(9-16-17)12-14-5-3-6-15-12/h3-7,9H,8H2,1-2H3/p+1. The fraction of sp³-hybridized carbons (Fsp3) is 0.308. The van der Waals surface area contributed by atoms with E-state index in [1.807, 2.05) is 19.9 Å². The molecule has 6 heteroatoms. The molecule has 0 unspecified atom stereocenters. The van der Waals surface area contributed by atoms with Crippen LogP contribution in [-0.2, 0) is 10.3 Å². The minimum Gasteiger partial charge on any atom is -0.481 e. The number of rotatable bonds is 4. The maximum atomic E-state index is 10.8. The van der Waals surface area contributed by atoms with E-state index in [-0.39, 0.29) is 6.42 Å². The second kappa shape index (κ2) is 5.09. The highest BCUT2D eigenvalue weighted by atomic mass is 16.4. The van der Waals surface area contributed by atoms with Crippen LogP contribution in [0.3, 0.4) is 0 Å². The molecule has 0 fully saturated rings. The summed E-state index contributed by atoms with van der Waals surface area (Å²) < 4.78 is 1.63. The molecule has 2 aromatic rings. The van der Waals surface area contributed by atoms with Crippen molar-refractivity contribution < 1.29 is 14.6 Å². The summed E-state index contributed by atoms with van der Waals surface area (Å²) in [6, 6.07) is 3.57. The van der Waals surface area contributed by atoms with Gasteiger partial charge in [-0.2, -0.15) is 0 Å². The summed E-state index contributed by atoms with van der Waals surface area (Å²) in [7, 11) is 0. The molecule has 0 radical (unpaired) electrons. The Balaban J connectivity index is 2.26. The van der Waals surface area contributed by atoms with Gasteiger partial charge in [-0.05, 0) is 11.2 Å². The molecule has 0 saturated heterocycles. The summed E-state index contributed by atoms with van der Waals surface area (Å²) in [6.45, 7) is 3.65. The zero-order chi connectivity index (χ0) is 13.9. The Morgan fingerprint density at radius 1 is 1.37 bits per heavy atom. The van der Waals surface area contributed by atoms with Crippen LogP contribution < -0.4 is 4.68 Å². The molecule has 19 heavy (non-hydrogen) atoms. The lowest BCUT2D eigenvalue weighted by Crippen LogP contribution is -2.55. The van der Waals surface area contributed by atoms with Crippen molar-refractivity contribution in [3.8, 4) is 11.4 Å². The fourth-order valence-corrected chi connectivity index (χ4v) is 1.75. The number of aliphatic carboxylic acids is 1. The van der Waals surface area contributed by atoms with Crippen molar-refractivity contribution >= 4 is 5.97 Å². The Kier molecular flexibility index (Phi) is 3.50. The number of carboxylic acid groups (broad SMARTS) is 1. The number of carbonyl (C=O) groups is 1. The van der Waals surface area contributed by atoms with Crippen LogP contribution in [0.1, 0.15) is 20.3 Å². The van der Waals surface area contributed by atoms with E-state index in [2.05, 4.69) is 15.1 Å². The lowest BCUT2D eigenvalue weighted by atomic mass is 10.0.